The van der Waals surface area contributed by atoms with Crippen molar-refractivity contribution >= 4 is 46.2 Å². The fraction of sp³-hybridized carbons (Fsp3) is 0.188. The molecule has 2 aromatic rings. The van der Waals surface area contributed by atoms with E-state index in [-0.39, 0.29) is 18.2 Å². The van der Waals surface area contributed by atoms with Crippen LogP contribution in [0.3, 0.4) is 0 Å². The molecule has 23 heavy (non-hydrogen) atoms. The van der Waals surface area contributed by atoms with Gasteiger partial charge in [0.05, 0.1) is 6.61 Å². The Hall–Kier alpha value is -2.12. The molecule has 1 aromatic heterocycles. The molecule has 0 saturated heterocycles. The summed E-state index contributed by atoms with van der Waals surface area (Å²) in [5, 5.41) is 4.54. The standard InChI is InChI=1S/C16H16N2O3S2/c1-3-21-15(20)13-10-23-16(17-13)18-14(19)9-6-11-4-7-12(22-2)8-5-11/h4-10H,3H2,1-2H3,(H,17,18,19)/b9-6+. The van der Waals surface area contributed by atoms with E-state index in [4.69, 9.17) is 4.74 Å². The summed E-state index contributed by atoms with van der Waals surface area (Å²) in [4.78, 5) is 28.6. The molecule has 0 atom stereocenters. The number of nitrogens with zero attached hydrogens (tertiary/aromatic N) is 1. The van der Waals surface area contributed by atoms with Gasteiger partial charge in [-0.05, 0) is 37.0 Å². The number of ether oxygens (including phenoxy) is 1. The van der Waals surface area contributed by atoms with E-state index in [9.17, 15) is 9.59 Å². The SMILES string of the molecule is CCOC(=O)c1csc(NC(=O)/C=C/c2ccc(SC)cc2)n1. The molecule has 0 fully saturated rings. The van der Waals surface area contributed by atoms with Gasteiger partial charge < -0.3 is 4.74 Å². The van der Waals surface area contributed by atoms with Crippen molar-refractivity contribution in [3.63, 3.8) is 0 Å². The number of hydrogen-bond donors (Lipinski definition) is 1. The van der Waals surface area contributed by atoms with Crippen molar-refractivity contribution in [1.82, 2.24) is 4.98 Å². The summed E-state index contributed by atoms with van der Waals surface area (Å²) < 4.78 is 4.85. The molecule has 0 radical (unpaired) electrons. The highest BCUT2D eigenvalue weighted by molar-refractivity contribution is 7.98. The van der Waals surface area contributed by atoms with Crippen molar-refractivity contribution in [2.75, 3.05) is 18.2 Å². The van der Waals surface area contributed by atoms with E-state index in [0.717, 1.165) is 5.56 Å². The van der Waals surface area contributed by atoms with Gasteiger partial charge in [0.25, 0.3) is 0 Å². The number of thioether (sulfide) groups is 1. The van der Waals surface area contributed by atoms with Crippen LogP contribution in [0, 0.1) is 0 Å². The third-order valence-corrected chi connectivity index (χ3v) is 4.26. The molecule has 5 nitrogen and oxygen atoms in total. The molecule has 1 N–H and O–H groups in total. The highest BCUT2D eigenvalue weighted by Gasteiger charge is 2.12. The first kappa shape index (κ1) is 17.2. The molecule has 0 bridgehead atoms. The van der Waals surface area contributed by atoms with Gasteiger partial charge >= 0.3 is 5.97 Å². The van der Waals surface area contributed by atoms with Crippen LogP contribution in [0.4, 0.5) is 5.13 Å². The number of thiazole rings is 1. The number of amides is 1. The van der Waals surface area contributed by atoms with Crippen molar-refractivity contribution in [2.45, 2.75) is 11.8 Å². The maximum absolute atomic E-state index is 11.9. The second-order valence-electron chi connectivity index (χ2n) is 4.35. The largest absolute Gasteiger partial charge is 0.461 e. The zero-order valence-corrected chi connectivity index (χ0v) is 14.4. The predicted octanol–water partition coefficient (Wildman–Crippen LogP) is 3.69. The van der Waals surface area contributed by atoms with Crippen LogP contribution in [0.5, 0.6) is 0 Å². The molecular weight excluding hydrogens is 332 g/mol. The molecule has 1 aromatic carbocycles. The molecule has 7 heteroatoms. The number of esters is 1. The second-order valence-corrected chi connectivity index (χ2v) is 6.09. The number of anilines is 1. The van der Waals surface area contributed by atoms with Gasteiger partial charge in [0.2, 0.25) is 5.91 Å². The lowest BCUT2D eigenvalue weighted by molar-refractivity contribution is -0.111. The number of carbonyl (C=O) groups is 2. The number of rotatable bonds is 6. The van der Waals surface area contributed by atoms with Gasteiger partial charge in [-0.1, -0.05) is 12.1 Å². The Morgan fingerprint density at radius 3 is 2.74 bits per heavy atom. The van der Waals surface area contributed by atoms with E-state index < -0.39 is 5.97 Å². The minimum Gasteiger partial charge on any atom is -0.461 e. The average Bonchev–Trinajstić information content (AvgIpc) is 3.02. The number of aromatic nitrogens is 1. The zero-order valence-electron chi connectivity index (χ0n) is 12.7. The molecule has 0 unspecified atom stereocenters. The third-order valence-electron chi connectivity index (χ3n) is 2.76. The van der Waals surface area contributed by atoms with Gasteiger partial charge in [-0.15, -0.1) is 23.1 Å². The maximum atomic E-state index is 11.9. The van der Waals surface area contributed by atoms with Crippen molar-refractivity contribution in [3.8, 4) is 0 Å². The van der Waals surface area contributed by atoms with E-state index in [1.165, 1.54) is 22.3 Å². The third kappa shape index (κ3) is 5.22. The molecule has 2 rings (SSSR count). The van der Waals surface area contributed by atoms with Gasteiger partial charge in [0, 0.05) is 16.4 Å². The quantitative estimate of drug-likeness (QED) is 0.490. The van der Waals surface area contributed by atoms with Gasteiger partial charge in [-0.2, -0.15) is 0 Å². The van der Waals surface area contributed by atoms with E-state index in [1.807, 2.05) is 30.5 Å². The average molecular weight is 348 g/mol. The lowest BCUT2D eigenvalue weighted by Crippen LogP contribution is -2.09. The smallest absolute Gasteiger partial charge is 0.357 e. The van der Waals surface area contributed by atoms with Gasteiger partial charge in [-0.25, -0.2) is 9.78 Å². The van der Waals surface area contributed by atoms with E-state index >= 15 is 0 Å². The first-order valence-corrected chi connectivity index (χ1v) is 8.98. The first-order valence-electron chi connectivity index (χ1n) is 6.88. The first-order chi connectivity index (χ1) is 11.1. The van der Waals surface area contributed by atoms with E-state index in [2.05, 4.69) is 10.3 Å². The Labute approximate surface area is 142 Å². The van der Waals surface area contributed by atoms with Crippen molar-refractivity contribution in [1.29, 1.82) is 0 Å². The summed E-state index contributed by atoms with van der Waals surface area (Å²) in [6.07, 6.45) is 5.16. The summed E-state index contributed by atoms with van der Waals surface area (Å²) in [6.45, 7) is 2.01. The molecule has 1 amide bonds. The number of carbonyl (C=O) groups excluding carboxylic acids is 2. The Bertz CT molecular complexity index is 708. The highest BCUT2D eigenvalue weighted by Crippen LogP contribution is 2.17. The van der Waals surface area contributed by atoms with Gasteiger partial charge in [0.1, 0.15) is 0 Å². The second kappa shape index (κ2) is 8.50. The molecule has 1 heterocycles. The zero-order chi connectivity index (χ0) is 16.7. The summed E-state index contributed by atoms with van der Waals surface area (Å²) in [7, 11) is 0. The summed E-state index contributed by atoms with van der Waals surface area (Å²) in [6, 6.07) is 7.87. The number of benzene rings is 1. The number of hydrogen-bond acceptors (Lipinski definition) is 6. The molecule has 0 aliphatic heterocycles. The topological polar surface area (TPSA) is 68.3 Å². The Morgan fingerprint density at radius 2 is 2.09 bits per heavy atom. The Morgan fingerprint density at radius 1 is 1.35 bits per heavy atom. The van der Waals surface area contributed by atoms with Gasteiger partial charge in [0.15, 0.2) is 10.8 Å². The van der Waals surface area contributed by atoms with Crippen LogP contribution >= 0.6 is 23.1 Å². The summed E-state index contributed by atoms with van der Waals surface area (Å²) in [5.74, 6) is -0.794. The van der Waals surface area contributed by atoms with Crippen LogP contribution in [-0.2, 0) is 9.53 Å². The van der Waals surface area contributed by atoms with Crippen LogP contribution in [0.25, 0.3) is 6.08 Å². The van der Waals surface area contributed by atoms with Gasteiger partial charge in [-0.3, -0.25) is 10.1 Å². The Kier molecular flexibility index (Phi) is 6.37. The molecule has 0 aliphatic rings. The van der Waals surface area contributed by atoms with Crippen LogP contribution in [0.2, 0.25) is 0 Å². The minimum atomic E-state index is -0.492. The molecule has 0 saturated carbocycles. The maximum Gasteiger partial charge on any atom is 0.357 e. The van der Waals surface area contributed by atoms with Crippen LogP contribution in [0.1, 0.15) is 23.0 Å². The predicted molar refractivity (Wildman–Crippen MR) is 94.0 cm³/mol. The summed E-state index contributed by atoms with van der Waals surface area (Å²) >= 11 is 2.84. The van der Waals surface area contributed by atoms with Crippen molar-refractivity contribution in [3.05, 3.63) is 47.0 Å². The minimum absolute atomic E-state index is 0.198. The van der Waals surface area contributed by atoms with Crippen molar-refractivity contribution in [2.24, 2.45) is 0 Å². The van der Waals surface area contributed by atoms with Crippen LogP contribution in [0.15, 0.2) is 40.6 Å². The fourth-order valence-electron chi connectivity index (χ4n) is 1.66. The van der Waals surface area contributed by atoms with E-state index in [0.29, 0.717) is 5.13 Å². The van der Waals surface area contributed by atoms with Crippen LogP contribution in [-0.4, -0.2) is 29.7 Å². The number of nitrogens with one attached hydrogen (secondary N) is 1. The van der Waals surface area contributed by atoms with Crippen molar-refractivity contribution < 1.29 is 14.3 Å². The molecule has 0 spiro atoms. The fourth-order valence-corrected chi connectivity index (χ4v) is 2.75. The van der Waals surface area contributed by atoms with E-state index in [1.54, 1.807) is 30.1 Å². The van der Waals surface area contributed by atoms with Crippen LogP contribution < -0.4 is 5.32 Å². The highest BCUT2D eigenvalue weighted by atomic mass is 32.2. The molecule has 120 valence electrons. The monoisotopic (exact) mass is 348 g/mol. The molecular formula is C16H16N2O3S2. The summed E-state index contributed by atoms with van der Waals surface area (Å²) in [5.41, 5.74) is 1.13. The molecule has 0 aliphatic carbocycles. The normalized spacial score (nSPS) is 10.7. The lowest BCUT2D eigenvalue weighted by Gasteiger charge is -1.98. The Balaban J connectivity index is 1.93. The lowest BCUT2D eigenvalue weighted by atomic mass is 10.2.